The van der Waals surface area contributed by atoms with Crippen molar-refractivity contribution in [1.29, 1.82) is 0 Å². The number of amides is 1. The van der Waals surface area contributed by atoms with E-state index in [1.807, 2.05) is 19.1 Å². The van der Waals surface area contributed by atoms with E-state index in [1.165, 1.54) is 12.1 Å². The van der Waals surface area contributed by atoms with Crippen molar-refractivity contribution in [2.24, 2.45) is 0 Å². The van der Waals surface area contributed by atoms with Crippen molar-refractivity contribution in [3.63, 3.8) is 0 Å². The minimum atomic E-state index is -0.276. The molecule has 0 unspecified atom stereocenters. The first kappa shape index (κ1) is 18.7. The maximum atomic E-state index is 13.1. The third-order valence-electron chi connectivity index (χ3n) is 5.41. The Labute approximate surface area is 164 Å². The van der Waals surface area contributed by atoms with E-state index >= 15 is 0 Å². The predicted octanol–water partition coefficient (Wildman–Crippen LogP) is 3.61. The van der Waals surface area contributed by atoms with E-state index in [1.54, 1.807) is 12.1 Å². The number of hydrogen-bond donors (Lipinski definition) is 1. The van der Waals surface area contributed by atoms with E-state index in [-0.39, 0.29) is 23.8 Å². The molecule has 0 saturated carbocycles. The fraction of sp³-hybridized carbons (Fsp3) is 0.409. The molecule has 0 radical (unpaired) electrons. The molecule has 2 aromatic carbocycles. The van der Waals surface area contributed by atoms with E-state index in [0.29, 0.717) is 19.8 Å². The lowest BCUT2D eigenvalue weighted by Gasteiger charge is -2.26. The van der Waals surface area contributed by atoms with E-state index < -0.39 is 0 Å². The fourth-order valence-electron chi connectivity index (χ4n) is 3.97. The van der Waals surface area contributed by atoms with Crippen LogP contribution in [0.2, 0.25) is 0 Å². The lowest BCUT2D eigenvalue weighted by Crippen LogP contribution is -2.38. The van der Waals surface area contributed by atoms with Gasteiger partial charge in [0.2, 0.25) is 5.91 Å². The highest BCUT2D eigenvalue weighted by Gasteiger charge is 2.29. The molecule has 2 aliphatic rings. The van der Waals surface area contributed by atoms with Gasteiger partial charge in [-0.1, -0.05) is 18.2 Å². The van der Waals surface area contributed by atoms with Gasteiger partial charge >= 0.3 is 0 Å². The Morgan fingerprint density at radius 3 is 2.71 bits per heavy atom. The van der Waals surface area contributed by atoms with Gasteiger partial charge in [0, 0.05) is 6.04 Å². The zero-order valence-electron chi connectivity index (χ0n) is 16.0. The third kappa shape index (κ3) is 4.12. The monoisotopic (exact) mass is 384 g/mol. The highest BCUT2D eigenvalue weighted by Crippen LogP contribution is 2.37. The fourth-order valence-corrected chi connectivity index (χ4v) is 3.97. The summed E-state index contributed by atoms with van der Waals surface area (Å²) in [6.45, 7) is 4.28. The van der Waals surface area contributed by atoms with Crippen molar-refractivity contribution in [3.05, 3.63) is 59.4 Å². The van der Waals surface area contributed by atoms with Gasteiger partial charge < -0.3 is 14.8 Å². The summed E-state index contributed by atoms with van der Waals surface area (Å²) in [4.78, 5) is 14.8. The summed E-state index contributed by atoms with van der Waals surface area (Å²) in [5, 5.41) is 3.02. The Balaban J connectivity index is 1.39. The number of carbonyl (C=O) groups excluding carboxylic acids is 1. The Hall–Kier alpha value is -2.60. The zero-order valence-corrected chi connectivity index (χ0v) is 16.0. The molecule has 1 amide bonds. The molecule has 5 nitrogen and oxygen atoms in total. The summed E-state index contributed by atoms with van der Waals surface area (Å²) >= 11 is 0. The molecule has 0 spiro atoms. The smallest absolute Gasteiger partial charge is 0.234 e. The van der Waals surface area contributed by atoms with Crippen LogP contribution in [0.1, 0.15) is 43.0 Å². The average molecular weight is 384 g/mol. The van der Waals surface area contributed by atoms with E-state index in [0.717, 1.165) is 42.0 Å². The molecule has 1 fully saturated rings. The van der Waals surface area contributed by atoms with Gasteiger partial charge in [0.25, 0.3) is 0 Å². The number of ether oxygens (including phenoxy) is 2. The molecule has 28 heavy (non-hydrogen) atoms. The summed E-state index contributed by atoms with van der Waals surface area (Å²) in [5.74, 6) is 1.26. The normalized spacial score (nSPS) is 20.0. The van der Waals surface area contributed by atoms with Gasteiger partial charge in [-0.3, -0.25) is 9.69 Å². The van der Waals surface area contributed by atoms with Crippen molar-refractivity contribution in [2.45, 2.75) is 31.8 Å². The van der Waals surface area contributed by atoms with E-state index in [9.17, 15) is 9.18 Å². The van der Waals surface area contributed by atoms with Crippen molar-refractivity contribution in [3.8, 4) is 11.5 Å². The number of fused-ring (bicyclic) bond motifs is 1. The van der Waals surface area contributed by atoms with E-state index in [4.69, 9.17) is 9.47 Å². The van der Waals surface area contributed by atoms with Gasteiger partial charge in [-0.2, -0.15) is 0 Å². The van der Waals surface area contributed by atoms with Crippen molar-refractivity contribution >= 4 is 5.91 Å². The van der Waals surface area contributed by atoms with Crippen molar-refractivity contribution < 1.29 is 18.7 Å². The summed E-state index contributed by atoms with van der Waals surface area (Å²) < 4.78 is 24.4. The second-order valence-corrected chi connectivity index (χ2v) is 7.37. The van der Waals surface area contributed by atoms with Gasteiger partial charge in [-0.25, -0.2) is 4.39 Å². The molecule has 0 aliphatic carbocycles. The molecule has 2 atom stereocenters. The standard InChI is InChI=1S/C22H25FN2O3/c1-15(16-4-7-18(23)8-5-16)24-22(26)14-25-10-2-3-19(25)17-6-9-20-21(13-17)28-12-11-27-20/h4-9,13,15,19H,2-3,10-12,14H2,1H3,(H,24,26)/t15-,19+/m1/s1. The van der Waals surface area contributed by atoms with Crippen LogP contribution in [0.15, 0.2) is 42.5 Å². The molecule has 4 rings (SSSR count). The number of hydrogen-bond acceptors (Lipinski definition) is 4. The molecular weight excluding hydrogens is 359 g/mol. The van der Waals surface area contributed by atoms with Crippen molar-refractivity contribution in [1.82, 2.24) is 10.2 Å². The number of nitrogens with one attached hydrogen (secondary N) is 1. The molecule has 0 bridgehead atoms. The van der Waals surface area contributed by atoms with Crippen molar-refractivity contribution in [2.75, 3.05) is 26.3 Å². The molecule has 2 aromatic rings. The first-order valence-corrected chi connectivity index (χ1v) is 9.78. The van der Waals surface area contributed by atoms with Gasteiger partial charge in [0.1, 0.15) is 19.0 Å². The Morgan fingerprint density at radius 1 is 1.18 bits per heavy atom. The Kier molecular flexibility index (Phi) is 5.48. The largest absolute Gasteiger partial charge is 0.486 e. The molecule has 148 valence electrons. The van der Waals surface area contributed by atoms with Gasteiger partial charge in [0.05, 0.1) is 12.6 Å². The molecule has 1 saturated heterocycles. The Bertz CT molecular complexity index is 840. The van der Waals surface area contributed by atoms with Crippen LogP contribution in [-0.2, 0) is 4.79 Å². The second kappa shape index (κ2) is 8.19. The molecule has 6 heteroatoms. The van der Waals surface area contributed by atoms with Crippen LogP contribution in [0.4, 0.5) is 4.39 Å². The van der Waals surface area contributed by atoms with E-state index in [2.05, 4.69) is 16.3 Å². The van der Waals surface area contributed by atoms with Gasteiger partial charge in [-0.05, 0) is 61.7 Å². The SMILES string of the molecule is C[C@@H](NC(=O)CN1CCC[C@H]1c1ccc2c(c1)OCCO2)c1ccc(F)cc1. The average Bonchev–Trinajstić information content (AvgIpc) is 3.16. The minimum absolute atomic E-state index is 0.0266. The van der Waals surface area contributed by atoms with Gasteiger partial charge in [-0.15, -0.1) is 0 Å². The summed E-state index contributed by atoms with van der Waals surface area (Å²) in [5.41, 5.74) is 2.04. The molecule has 0 aromatic heterocycles. The van der Waals surface area contributed by atoms with Crippen LogP contribution in [0.5, 0.6) is 11.5 Å². The predicted molar refractivity (Wildman–Crippen MR) is 104 cm³/mol. The summed E-state index contributed by atoms with van der Waals surface area (Å²) in [6, 6.07) is 12.3. The highest BCUT2D eigenvalue weighted by molar-refractivity contribution is 5.78. The van der Waals surface area contributed by atoms with Gasteiger partial charge in [0.15, 0.2) is 11.5 Å². The lowest BCUT2D eigenvalue weighted by atomic mass is 10.0. The zero-order chi connectivity index (χ0) is 19.5. The van der Waals surface area contributed by atoms with Crippen LogP contribution in [0, 0.1) is 5.82 Å². The highest BCUT2D eigenvalue weighted by atomic mass is 19.1. The van der Waals surface area contributed by atoms with Crippen LogP contribution in [-0.4, -0.2) is 37.1 Å². The summed E-state index contributed by atoms with van der Waals surface area (Å²) in [6.07, 6.45) is 2.07. The maximum absolute atomic E-state index is 13.1. The maximum Gasteiger partial charge on any atom is 0.234 e. The minimum Gasteiger partial charge on any atom is -0.486 e. The number of benzene rings is 2. The summed E-state index contributed by atoms with van der Waals surface area (Å²) in [7, 11) is 0. The van der Waals surface area contributed by atoms with Crippen LogP contribution in [0.3, 0.4) is 0 Å². The quantitative estimate of drug-likeness (QED) is 0.856. The van der Waals surface area contributed by atoms with Crippen LogP contribution >= 0.6 is 0 Å². The molecule has 2 heterocycles. The lowest BCUT2D eigenvalue weighted by molar-refractivity contribution is -0.123. The topological polar surface area (TPSA) is 50.8 Å². The number of halogens is 1. The number of carbonyl (C=O) groups is 1. The number of nitrogens with zero attached hydrogens (tertiary/aromatic N) is 1. The first-order chi connectivity index (χ1) is 13.6. The number of likely N-dealkylation sites (tertiary alicyclic amines) is 1. The Morgan fingerprint density at radius 2 is 1.93 bits per heavy atom. The third-order valence-corrected chi connectivity index (χ3v) is 5.41. The first-order valence-electron chi connectivity index (χ1n) is 9.78. The molecular formula is C22H25FN2O3. The number of rotatable bonds is 5. The van der Waals surface area contributed by atoms with Crippen LogP contribution < -0.4 is 14.8 Å². The molecule has 1 N–H and O–H groups in total. The second-order valence-electron chi connectivity index (χ2n) is 7.37. The molecule has 2 aliphatic heterocycles. The van der Waals surface area contributed by atoms with Crippen LogP contribution in [0.25, 0.3) is 0 Å².